The van der Waals surface area contributed by atoms with Crippen LogP contribution in [-0.2, 0) is 0 Å². The summed E-state index contributed by atoms with van der Waals surface area (Å²) >= 11 is 0. The molecule has 0 fully saturated rings. The van der Waals surface area contributed by atoms with E-state index < -0.39 is 6.10 Å². The highest BCUT2D eigenvalue weighted by atomic mass is 16.3. The van der Waals surface area contributed by atoms with Crippen molar-refractivity contribution >= 4 is 0 Å². The second kappa shape index (κ2) is 3.55. The van der Waals surface area contributed by atoms with E-state index >= 15 is 0 Å². The minimum absolute atomic E-state index is 0.276. The van der Waals surface area contributed by atoms with E-state index in [1.54, 1.807) is 6.92 Å². The maximum absolute atomic E-state index is 9.13. The van der Waals surface area contributed by atoms with Crippen molar-refractivity contribution in [2.75, 3.05) is 6.54 Å². The molecule has 0 heterocycles. The topological polar surface area (TPSA) is 56.0 Å². The molecule has 58 valence electrons. The highest BCUT2D eigenvalue weighted by molar-refractivity contribution is 4.87. The molecule has 3 nitrogen and oxygen atoms in total. The fraction of sp³-hybridized carbons (Fsp3) is 0.857. The molecule has 10 heavy (non-hydrogen) atoms. The van der Waals surface area contributed by atoms with E-state index in [4.69, 9.17) is 10.4 Å². The smallest absolute Gasteiger partial charge is 0.0845 e. The van der Waals surface area contributed by atoms with Crippen molar-refractivity contribution in [3.05, 3.63) is 0 Å². The standard InChI is InChI=1S/C7H14N2O/c1-6(10)7(2,3)9-5-4-8/h6,9-10H,5H2,1-3H3. The highest BCUT2D eigenvalue weighted by Gasteiger charge is 2.22. The van der Waals surface area contributed by atoms with Gasteiger partial charge in [-0.1, -0.05) is 0 Å². The monoisotopic (exact) mass is 142 g/mol. The van der Waals surface area contributed by atoms with Gasteiger partial charge in [-0.05, 0) is 20.8 Å². The lowest BCUT2D eigenvalue weighted by Gasteiger charge is -2.27. The third-order valence-electron chi connectivity index (χ3n) is 1.67. The summed E-state index contributed by atoms with van der Waals surface area (Å²) in [6, 6.07) is 1.96. The van der Waals surface area contributed by atoms with Crippen molar-refractivity contribution in [3.8, 4) is 6.07 Å². The Morgan fingerprint density at radius 2 is 2.20 bits per heavy atom. The van der Waals surface area contributed by atoms with Crippen LogP contribution < -0.4 is 5.32 Å². The highest BCUT2D eigenvalue weighted by Crippen LogP contribution is 2.06. The van der Waals surface area contributed by atoms with Gasteiger partial charge in [0.25, 0.3) is 0 Å². The molecule has 1 unspecified atom stereocenters. The molecule has 1 atom stereocenters. The molecule has 0 radical (unpaired) electrons. The number of nitrogens with zero attached hydrogens (tertiary/aromatic N) is 1. The Morgan fingerprint density at radius 3 is 2.50 bits per heavy atom. The summed E-state index contributed by atoms with van der Waals surface area (Å²) in [7, 11) is 0. The van der Waals surface area contributed by atoms with E-state index in [1.165, 1.54) is 0 Å². The number of nitrogens with one attached hydrogen (secondary N) is 1. The number of aliphatic hydroxyl groups is 1. The predicted octanol–water partition coefficient (Wildman–Crippen LogP) is 0.259. The minimum atomic E-state index is -0.444. The van der Waals surface area contributed by atoms with E-state index in [1.807, 2.05) is 19.9 Å². The molecule has 0 aliphatic rings. The molecule has 0 saturated heterocycles. The van der Waals surface area contributed by atoms with Gasteiger partial charge < -0.3 is 5.11 Å². The molecule has 0 saturated carbocycles. The summed E-state index contributed by atoms with van der Waals surface area (Å²) in [5.74, 6) is 0. The Balaban J connectivity index is 3.77. The van der Waals surface area contributed by atoms with Gasteiger partial charge in [-0.25, -0.2) is 0 Å². The molecule has 3 heteroatoms. The Labute approximate surface area is 61.7 Å². The maximum atomic E-state index is 9.13. The Morgan fingerprint density at radius 1 is 1.70 bits per heavy atom. The number of nitriles is 1. The van der Waals surface area contributed by atoms with Gasteiger partial charge >= 0.3 is 0 Å². The number of hydrogen-bond donors (Lipinski definition) is 2. The molecule has 2 N–H and O–H groups in total. The van der Waals surface area contributed by atoms with Crippen LogP contribution in [0.2, 0.25) is 0 Å². The zero-order valence-electron chi connectivity index (χ0n) is 6.68. The summed E-state index contributed by atoms with van der Waals surface area (Å²) < 4.78 is 0. The quantitative estimate of drug-likeness (QED) is 0.556. The number of hydrogen-bond acceptors (Lipinski definition) is 3. The Hall–Kier alpha value is -0.590. The predicted molar refractivity (Wildman–Crippen MR) is 39.4 cm³/mol. The largest absolute Gasteiger partial charge is 0.392 e. The van der Waals surface area contributed by atoms with Crippen LogP contribution >= 0.6 is 0 Å². The molecule has 0 aromatic rings. The first-order valence-corrected chi connectivity index (χ1v) is 3.30. The summed E-state index contributed by atoms with van der Waals surface area (Å²) in [5.41, 5.74) is -0.365. The molecular formula is C7H14N2O. The van der Waals surface area contributed by atoms with E-state index in [9.17, 15) is 0 Å². The molecule has 0 amide bonds. The van der Waals surface area contributed by atoms with Crippen LogP contribution in [0.5, 0.6) is 0 Å². The van der Waals surface area contributed by atoms with Crippen LogP contribution in [0, 0.1) is 11.3 Å². The second-order valence-electron chi connectivity index (χ2n) is 2.91. The van der Waals surface area contributed by atoms with Crippen LogP contribution in [0.3, 0.4) is 0 Å². The maximum Gasteiger partial charge on any atom is 0.0845 e. The fourth-order valence-corrected chi connectivity index (χ4v) is 0.415. The van der Waals surface area contributed by atoms with E-state index in [0.29, 0.717) is 0 Å². The average Bonchev–Trinajstić information content (AvgIpc) is 1.84. The third kappa shape index (κ3) is 2.81. The minimum Gasteiger partial charge on any atom is -0.392 e. The van der Waals surface area contributed by atoms with Crippen molar-refractivity contribution in [1.29, 1.82) is 5.26 Å². The first-order chi connectivity index (χ1) is 4.50. The van der Waals surface area contributed by atoms with Crippen LogP contribution in [-0.4, -0.2) is 23.3 Å². The molecule has 0 aromatic carbocycles. The summed E-state index contributed by atoms with van der Waals surface area (Å²) in [6.07, 6.45) is -0.444. The van der Waals surface area contributed by atoms with Crippen LogP contribution in [0.1, 0.15) is 20.8 Å². The zero-order chi connectivity index (χ0) is 8.20. The molecule has 0 bridgehead atoms. The SMILES string of the molecule is CC(O)C(C)(C)NCC#N. The van der Waals surface area contributed by atoms with Crippen molar-refractivity contribution < 1.29 is 5.11 Å². The molecular weight excluding hydrogens is 128 g/mol. The van der Waals surface area contributed by atoms with Crippen LogP contribution in [0.15, 0.2) is 0 Å². The lowest BCUT2D eigenvalue weighted by atomic mass is 9.99. The molecule has 0 aliphatic carbocycles. The third-order valence-corrected chi connectivity index (χ3v) is 1.67. The van der Waals surface area contributed by atoms with Crippen molar-refractivity contribution in [2.24, 2.45) is 0 Å². The van der Waals surface area contributed by atoms with Gasteiger partial charge in [-0.2, -0.15) is 5.26 Å². The second-order valence-corrected chi connectivity index (χ2v) is 2.91. The summed E-state index contributed by atoms with van der Waals surface area (Å²) in [4.78, 5) is 0. The van der Waals surface area contributed by atoms with Gasteiger partial charge in [0.1, 0.15) is 0 Å². The van der Waals surface area contributed by atoms with Gasteiger partial charge in [0.15, 0.2) is 0 Å². The zero-order valence-corrected chi connectivity index (χ0v) is 6.68. The van der Waals surface area contributed by atoms with Gasteiger partial charge in [0.2, 0.25) is 0 Å². The van der Waals surface area contributed by atoms with Crippen LogP contribution in [0.25, 0.3) is 0 Å². The lowest BCUT2D eigenvalue weighted by Crippen LogP contribution is -2.48. The van der Waals surface area contributed by atoms with Gasteiger partial charge in [0.05, 0.1) is 18.7 Å². The number of rotatable bonds is 3. The summed E-state index contributed by atoms with van der Waals surface area (Å²) in [6.45, 7) is 5.69. The van der Waals surface area contributed by atoms with Crippen molar-refractivity contribution in [3.63, 3.8) is 0 Å². The summed E-state index contributed by atoms with van der Waals surface area (Å²) in [5, 5.41) is 20.2. The first kappa shape index (κ1) is 9.41. The van der Waals surface area contributed by atoms with E-state index in [2.05, 4.69) is 5.32 Å². The van der Waals surface area contributed by atoms with Crippen molar-refractivity contribution in [2.45, 2.75) is 32.4 Å². The normalized spacial score (nSPS) is 14.3. The van der Waals surface area contributed by atoms with Crippen molar-refractivity contribution in [1.82, 2.24) is 5.32 Å². The van der Waals surface area contributed by atoms with Crippen LogP contribution in [0.4, 0.5) is 0 Å². The molecule has 0 aromatic heterocycles. The molecule has 0 aliphatic heterocycles. The van der Waals surface area contributed by atoms with E-state index in [-0.39, 0.29) is 12.1 Å². The van der Waals surface area contributed by atoms with Gasteiger partial charge in [-0.15, -0.1) is 0 Å². The Bertz CT molecular complexity index is 135. The van der Waals surface area contributed by atoms with Gasteiger partial charge in [0, 0.05) is 5.54 Å². The Kier molecular flexibility index (Phi) is 3.34. The lowest BCUT2D eigenvalue weighted by molar-refractivity contribution is 0.0997. The fourth-order valence-electron chi connectivity index (χ4n) is 0.415. The van der Waals surface area contributed by atoms with Gasteiger partial charge in [-0.3, -0.25) is 5.32 Å². The molecule has 0 rings (SSSR count). The number of aliphatic hydroxyl groups excluding tert-OH is 1. The van der Waals surface area contributed by atoms with E-state index in [0.717, 1.165) is 0 Å². The average molecular weight is 142 g/mol. The molecule has 0 spiro atoms. The first-order valence-electron chi connectivity index (χ1n) is 3.30.